The minimum Gasteiger partial charge on any atom is -0.398 e. The molecule has 2 amide bonds. The molecule has 0 bridgehead atoms. The minimum atomic E-state index is -0.299. The van der Waals surface area contributed by atoms with Gasteiger partial charge in [-0.1, -0.05) is 18.2 Å². The van der Waals surface area contributed by atoms with Crippen LogP contribution >= 0.6 is 0 Å². The van der Waals surface area contributed by atoms with E-state index in [1.54, 1.807) is 35.4 Å². The number of amides is 2. The highest BCUT2D eigenvalue weighted by atomic mass is 16.2. The summed E-state index contributed by atoms with van der Waals surface area (Å²) in [4.78, 5) is 25.7. The molecule has 7 heteroatoms. The number of allylic oxidation sites excluding steroid dienone is 1. The molecule has 22 heavy (non-hydrogen) atoms. The Kier molecular flexibility index (Phi) is 3.61. The monoisotopic (exact) mass is 297 g/mol. The number of carbonyl (C=O) groups is 2. The van der Waals surface area contributed by atoms with E-state index < -0.39 is 0 Å². The maximum Gasteiger partial charge on any atom is 0.263 e. The van der Waals surface area contributed by atoms with Crippen LogP contribution in [0.2, 0.25) is 0 Å². The van der Waals surface area contributed by atoms with Crippen LogP contribution in [0.1, 0.15) is 0 Å². The van der Waals surface area contributed by atoms with Gasteiger partial charge in [0.05, 0.1) is 0 Å². The van der Waals surface area contributed by atoms with Crippen LogP contribution in [-0.2, 0) is 9.59 Å². The summed E-state index contributed by atoms with van der Waals surface area (Å²) in [6, 6.07) is 9.06. The number of rotatable bonds is 3. The van der Waals surface area contributed by atoms with Gasteiger partial charge in [0, 0.05) is 17.6 Å². The van der Waals surface area contributed by atoms with Gasteiger partial charge in [0.1, 0.15) is 13.1 Å². The van der Waals surface area contributed by atoms with Gasteiger partial charge in [0.25, 0.3) is 5.91 Å². The van der Waals surface area contributed by atoms with E-state index in [2.05, 4.69) is 10.4 Å². The van der Waals surface area contributed by atoms with Gasteiger partial charge in [0.2, 0.25) is 5.91 Å². The van der Waals surface area contributed by atoms with Crippen molar-refractivity contribution in [1.82, 2.24) is 9.91 Å². The number of nitrogens with zero attached hydrogens (tertiary/aromatic N) is 3. The lowest BCUT2D eigenvalue weighted by Crippen LogP contribution is -2.47. The zero-order chi connectivity index (χ0) is 15.5. The molecule has 0 fully saturated rings. The molecular formula is C15H15N5O2. The number of nitrogens with two attached hydrogens (primary N) is 1. The standard InChI is InChI=1S/C15H15N5O2/c16-11-6-7-13-18-20(15(22)10-19(13)8-11)9-14(21)17-12-4-2-1-3-5-12/h1-8H,9-10,16H2,(H,17,21). The van der Waals surface area contributed by atoms with E-state index in [4.69, 9.17) is 5.73 Å². The number of para-hydroxylation sites is 1. The second-order valence-corrected chi connectivity index (χ2v) is 4.91. The predicted octanol–water partition coefficient (Wildman–Crippen LogP) is 0.453. The molecule has 3 rings (SSSR count). The second-order valence-electron chi connectivity index (χ2n) is 4.91. The van der Waals surface area contributed by atoms with Gasteiger partial charge in [-0.3, -0.25) is 9.59 Å². The highest BCUT2D eigenvalue weighted by Gasteiger charge is 2.27. The number of amidine groups is 1. The topological polar surface area (TPSA) is 91.0 Å². The van der Waals surface area contributed by atoms with E-state index in [0.717, 1.165) is 0 Å². The molecule has 0 saturated carbocycles. The Balaban J connectivity index is 1.68. The smallest absolute Gasteiger partial charge is 0.263 e. The second kappa shape index (κ2) is 5.72. The van der Waals surface area contributed by atoms with Crippen molar-refractivity contribution in [3.8, 4) is 0 Å². The van der Waals surface area contributed by atoms with Crippen molar-refractivity contribution in [3.63, 3.8) is 0 Å². The molecule has 2 aliphatic rings. The average molecular weight is 297 g/mol. The summed E-state index contributed by atoms with van der Waals surface area (Å²) in [5.41, 5.74) is 6.91. The van der Waals surface area contributed by atoms with Gasteiger partial charge < -0.3 is 16.0 Å². The first kappa shape index (κ1) is 13.9. The van der Waals surface area contributed by atoms with Crippen LogP contribution in [0.15, 0.2) is 59.5 Å². The van der Waals surface area contributed by atoms with E-state index in [9.17, 15) is 9.59 Å². The molecule has 0 saturated heterocycles. The molecule has 2 heterocycles. The Hall–Kier alpha value is -3.09. The highest BCUT2D eigenvalue weighted by Crippen LogP contribution is 2.13. The van der Waals surface area contributed by atoms with Crippen LogP contribution in [0, 0.1) is 0 Å². The third-order valence-corrected chi connectivity index (χ3v) is 3.19. The van der Waals surface area contributed by atoms with Crippen molar-refractivity contribution in [2.45, 2.75) is 0 Å². The quantitative estimate of drug-likeness (QED) is 0.847. The maximum atomic E-state index is 12.0. The number of nitrogens with one attached hydrogen (secondary N) is 1. The van der Waals surface area contributed by atoms with Crippen LogP contribution in [-0.4, -0.2) is 40.6 Å². The zero-order valence-corrected chi connectivity index (χ0v) is 11.8. The molecule has 1 aromatic carbocycles. The Labute approximate surface area is 127 Å². The van der Waals surface area contributed by atoms with Crippen molar-refractivity contribution in [1.29, 1.82) is 0 Å². The molecular weight excluding hydrogens is 282 g/mol. The Morgan fingerprint density at radius 3 is 2.82 bits per heavy atom. The highest BCUT2D eigenvalue weighted by molar-refractivity contribution is 6.02. The van der Waals surface area contributed by atoms with Crippen LogP contribution in [0.3, 0.4) is 0 Å². The number of anilines is 1. The lowest BCUT2D eigenvalue weighted by molar-refractivity contribution is -0.135. The molecule has 0 atom stereocenters. The summed E-state index contributed by atoms with van der Waals surface area (Å²) < 4.78 is 0. The molecule has 3 N–H and O–H groups in total. The average Bonchev–Trinajstić information content (AvgIpc) is 2.49. The molecule has 0 unspecified atom stereocenters. The third kappa shape index (κ3) is 2.98. The summed E-state index contributed by atoms with van der Waals surface area (Å²) in [6.45, 7) is -0.0133. The van der Waals surface area contributed by atoms with Crippen LogP contribution < -0.4 is 11.1 Å². The van der Waals surface area contributed by atoms with Crippen LogP contribution in [0.25, 0.3) is 0 Å². The Morgan fingerprint density at radius 2 is 2.05 bits per heavy atom. The van der Waals surface area contributed by atoms with Gasteiger partial charge in [-0.15, -0.1) is 0 Å². The first-order valence-electron chi connectivity index (χ1n) is 6.78. The van der Waals surface area contributed by atoms with Gasteiger partial charge >= 0.3 is 0 Å². The van der Waals surface area contributed by atoms with Crippen molar-refractivity contribution < 1.29 is 9.59 Å². The number of carbonyl (C=O) groups excluding carboxylic acids is 2. The lowest BCUT2D eigenvalue weighted by atomic mass is 10.2. The van der Waals surface area contributed by atoms with Gasteiger partial charge in [-0.25, -0.2) is 5.01 Å². The Bertz CT molecular complexity index is 693. The third-order valence-electron chi connectivity index (χ3n) is 3.19. The van der Waals surface area contributed by atoms with E-state index in [-0.39, 0.29) is 24.9 Å². The van der Waals surface area contributed by atoms with Crippen LogP contribution in [0.4, 0.5) is 5.69 Å². The number of hydrogen-bond acceptors (Lipinski definition) is 5. The van der Waals surface area contributed by atoms with Gasteiger partial charge in [0.15, 0.2) is 5.84 Å². The summed E-state index contributed by atoms with van der Waals surface area (Å²) in [5, 5.41) is 8.07. The van der Waals surface area contributed by atoms with E-state index >= 15 is 0 Å². The number of hydrogen-bond donors (Lipinski definition) is 2. The summed E-state index contributed by atoms with van der Waals surface area (Å²) in [6.07, 6.45) is 5.06. The summed E-state index contributed by atoms with van der Waals surface area (Å²) in [7, 11) is 0. The SMILES string of the molecule is NC1=CN2CC(=O)N(CC(=O)Nc3ccccc3)N=C2C=C1. The van der Waals surface area contributed by atoms with Gasteiger partial charge in [-0.2, -0.15) is 5.10 Å². The number of benzene rings is 1. The largest absolute Gasteiger partial charge is 0.398 e. The lowest BCUT2D eigenvalue weighted by Gasteiger charge is -2.31. The van der Waals surface area contributed by atoms with E-state index in [0.29, 0.717) is 17.2 Å². The minimum absolute atomic E-state index is 0.114. The van der Waals surface area contributed by atoms with Crippen molar-refractivity contribution in [2.24, 2.45) is 10.8 Å². The molecule has 7 nitrogen and oxygen atoms in total. The first-order valence-corrected chi connectivity index (χ1v) is 6.78. The van der Waals surface area contributed by atoms with Crippen molar-refractivity contribution >= 4 is 23.3 Å². The summed E-state index contributed by atoms with van der Waals surface area (Å²) in [5.74, 6) is 0.0276. The maximum absolute atomic E-state index is 12.0. The molecule has 1 aromatic rings. The normalized spacial score (nSPS) is 16.8. The fourth-order valence-electron chi connectivity index (χ4n) is 2.16. The molecule has 2 aliphatic heterocycles. The molecule has 112 valence electrons. The fourth-order valence-corrected chi connectivity index (χ4v) is 2.16. The number of hydrazone groups is 1. The van der Waals surface area contributed by atoms with Crippen LogP contribution in [0.5, 0.6) is 0 Å². The zero-order valence-electron chi connectivity index (χ0n) is 11.8. The molecule has 0 spiro atoms. The molecule has 0 aliphatic carbocycles. The number of fused-ring (bicyclic) bond motifs is 1. The van der Waals surface area contributed by atoms with Crippen molar-refractivity contribution in [2.75, 3.05) is 18.4 Å². The van der Waals surface area contributed by atoms with E-state index in [1.165, 1.54) is 5.01 Å². The first-order chi connectivity index (χ1) is 10.6. The summed E-state index contributed by atoms with van der Waals surface area (Å²) >= 11 is 0. The van der Waals surface area contributed by atoms with Gasteiger partial charge in [-0.05, 0) is 24.3 Å². The van der Waals surface area contributed by atoms with E-state index in [1.807, 2.05) is 18.2 Å². The molecule has 0 radical (unpaired) electrons. The molecule has 0 aromatic heterocycles. The predicted molar refractivity (Wildman–Crippen MR) is 82.3 cm³/mol. The fraction of sp³-hybridized carbons (Fsp3) is 0.133. The van der Waals surface area contributed by atoms with Crippen molar-refractivity contribution in [3.05, 3.63) is 54.4 Å². The Morgan fingerprint density at radius 1 is 1.27 bits per heavy atom.